The third-order valence-corrected chi connectivity index (χ3v) is 4.66. The van der Waals surface area contributed by atoms with Crippen LogP contribution in [-0.4, -0.2) is 0 Å². The van der Waals surface area contributed by atoms with Gasteiger partial charge in [-0.3, -0.25) is 0 Å². The molecule has 0 amide bonds. The Kier molecular flexibility index (Phi) is 5.59. The fourth-order valence-electron chi connectivity index (χ4n) is 3.39. The van der Waals surface area contributed by atoms with Crippen molar-refractivity contribution in [2.75, 3.05) is 0 Å². The van der Waals surface area contributed by atoms with Crippen molar-refractivity contribution in [3.63, 3.8) is 0 Å². The first-order valence-corrected chi connectivity index (χ1v) is 7.91. The summed E-state index contributed by atoms with van der Waals surface area (Å²) in [6.07, 6.45) is 10.2. The molecule has 0 N–H and O–H groups in total. The van der Waals surface area contributed by atoms with E-state index in [1.807, 2.05) is 12.1 Å². The lowest BCUT2D eigenvalue weighted by Crippen LogP contribution is -2.15. The first-order chi connectivity index (χ1) is 9.72. The van der Waals surface area contributed by atoms with Crippen LogP contribution in [0.5, 0.6) is 0 Å². The molecule has 1 saturated carbocycles. The molecular weight excluding hydrogens is 249 g/mol. The average molecular weight is 273 g/mol. The van der Waals surface area contributed by atoms with Gasteiger partial charge in [-0.2, -0.15) is 5.26 Å². The normalized spacial score (nSPS) is 22.4. The monoisotopic (exact) mass is 273 g/mol. The van der Waals surface area contributed by atoms with Gasteiger partial charge in [-0.1, -0.05) is 51.5 Å². The van der Waals surface area contributed by atoms with Crippen LogP contribution < -0.4 is 0 Å². The SMILES string of the molecule is CCC[C@H]1CC[C@H](CCc2ccc(C#N)c(F)c2)CC1. The summed E-state index contributed by atoms with van der Waals surface area (Å²) >= 11 is 0. The highest BCUT2D eigenvalue weighted by molar-refractivity contribution is 5.33. The van der Waals surface area contributed by atoms with Crippen LogP contribution in [0.15, 0.2) is 18.2 Å². The fraction of sp³-hybridized carbons (Fsp3) is 0.611. The third-order valence-electron chi connectivity index (χ3n) is 4.66. The van der Waals surface area contributed by atoms with Gasteiger partial charge in [0.1, 0.15) is 11.9 Å². The maximum atomic E-state index is 13.5. The topological polar surface area (TPSA) is 23.8 Å². The summed E-state index contributed by atoms with van der Waals surface area (Å²) in [7, 11) is 0. The van der Waals surface area contributed by atoms with Gasteiger partial charge in [0, 0.05) is 0 Å². The van der Waals surface area contributed by atoms with Gasteiger partial charge in [-0.05, 0) is 42.4 Å². The van der Waals surface area contributed by atoms with Crippen molar-refractivity contribution in [2.45, 2.75) is 58.3 Å². The largest absolute Gasteiger partial charge is 0.206 e. The van der Waals surface area contributed by atoms with E-state index in [4.69, 9.17) is 5.26 Å². The van der Waals surface area contributed by atoms with Crippen molar-refractivity contribution in [2.24, 2.45) is 11.8 Å². The van der Waals surface area contributed by atoms with Crippen LogP contribution >= 0.6 is 0 Å². The van der Waals surface area contributed by atoms with Crippen molar-refractivity contribution >= 4 is 0 Å². The minimum Gasteiger partial charge on any atom is -0.206 e. The summed E-state index contributed by atoms with van der Waals surface area (Å²) < 4.78 is 13.5. The molecule has 1 aliphatic rings. The van der Waals surface area contributed by atoms with Gasteiger partial charge in [0.05, 0.1) is 5.56 Å². The zero-order valence-electron chi connectivity index (χ0n) is 12.4. The number of benzene rings is 1. The Labute approximate surface area is 121 Å². The smallest absolute Gasteiger partial charge is 0.141 e. The van der Waals surface area contributed by atoms with Crippen molar-refractivity contribution in [1.82, 2.24) is 0 Å². The summed E-state index contributed by atoms with van der Waals surface area (Å²) in [4.78, 5) is 0. The lowest BCUT2D eigenvalue weighted by Gasteiger charge is -2.28. The van der Waals surface area contributed by atoms with E-state index in [0.717, 1.165) is 30.2 Å². The van der Waals surface area contributed by atoms with Crippen molar-refractivity contribution in [1.29, 1.82) is 5.26 Å². The van der Waals surface area contributed by atoms with Gasteiger partial charge < -0.3 is 0 Å². The van der Waals surface area contributed by atoms with E-state index in [-0.39, 0.29) is 11.4 Å². The Morgan fingerprint density at radius 1 is 1.15 bits per heavy atom. The lowest BCUT2D eigenvalue weighted by molar-refractivity contribution is 0.252. The van der Waals surface area contributed by atoms with Gasteiger partial charge in [0.25, 0.3) is 0 Å². The molecule has 1 aliphatic carbocycles. The van der Waals surface area contributed by atoms with E-state index in [9.17, 15) is 4.39 Å². The molecule has 0 unspecified atom stereocenters. The molecule has 20 heavy (non-hydrogen) atoms. The highest BCUT2D eigenvalue weighted by atomic mass is 19.1. The zero-order chi connectivity index (χ0) is 14.4. The predicted molar refractivity (Wildman–Crippen MR) is 79.8 cm³/mol. The van der Waals surface area contributed by atoms with Crippen LogP contribution in [0.3, 0.4) is 0 Å². The number of nitrogens with zero attached hydrogens (tertiary/aromatic N) is 1. The van der Waals surface area contributed by atoms with E-state index in [2.05, 4.69) is 6.92 Å². The molecule has 1 aromatic rings. The van der Waals surface area contributed by atoms with E-state index in [1.54, 1.807) is 6.07 Å². The molecule has 0 aliphatic heterocycles. The molecule has 0 aromatic heterocycles. The molecule has 2 rings (SSSR count). The minimum atomic E-state index is -0.378. The Morgan fingerprint density at radius 3 is 2.35 bits per heavy atom. The van der Waals surface area contributed by atoms with Crippen LogP contribution in [0.25, 0.3) is 0 Å². The molecule has 2 heteroatoms. The van der Waals surface area contributed by atoms with Gasteiger partial charge in [-0.25, -0.2) is 4.39 Å². The van der Waals surface area contributed by atoms with E-state index in [0.29, 0.717) is 0 Å². The highest BCUT2D eigenvalue weighted by Crippen LogP contribution is 2.33. The van der Waals surface area contributed by atoms with Crippen LogP contribution in [0.2, 0.25) is 0 Å². The predicted octanol–water partition coefficient (Wildman–Crippen LogP) is 5.24. The van der Waals surface area contributed by atoms with E-state index >= 15 is 0 Å². The maximum Gasteiger partial charge on any atom is 0.141 e. The molecule has 0 bridgehead atoms. The van der Waals surface area contributed by atoms with E-state index < -0.39 is 0 Å². The summed E-state index contributed by atoms with van der Waals surface area (Å²) in [6, 6.07) is 6.89. The molecule has 0 heterocycles. The Bertz CT molecular complexity index is 467. The quantitative estimate of drug-likeness (QED) is 0.720. The summed E-state index contributed by atoms with van der Waals surface area (Å²) in [5, 5.41) is 8.72. The summed E-state index contributed by atoms with van der Waals surface area (Å²) in [6.45, 7) is 2.27. The average Bonchev–Trinajstić information content (AvgIpc) is 2.47. The van der Waals surface area contributed by atoms with Gasteiger partial charge in [0.2, 0.25) is 0 Å². The molecule has 0 saturated heterocycles. The maximum absolute atomic E-state index is 13.5. The van der Waals surface area contributed by atoms with Gasteiger partial charge in [0.15, 0.2) is 0 Å². The van der Waals surface area contributed by atoms with Gasteiger partial charge >= 0.3 is 0 Å². The number of nitriles is 1. The molecular formula is C18H24FN. The second-order valence-electron chi connectivity index (χ2n) is 6.14. The minimum absolute atomic E-state index is 0.147. The number of rotatable bonds is 5. The molecule has 1 nitrogen and oxygen atoms in total. The Balaban J connectivity index is 1.79. The summed E-state index contributed by atoms with van der Waals surface area (Å²) in [5.74, 6) is 1.38. The first-order valence-electron chi connectivity index (χ1n) is 7.91. The van der Waals surface area contributed by atoms with E-state index in [1.165, 1.54) is 44.6 Å². The van der Waals surface area contributed by atoms with Crippen LogP contribution in [0.1, 0.15) is 63.0 Å². The zero-order valence-corrected chi connectivity index (χ0v) is 12.4. The number of halogens is 1. The Hall–Kier alpha value is -1.36. The van der Waals surface area contributed by atoms with Crippen molar-refractivity contribution in [3.05, 3.63) is 35.1 Å². The summed E-state index contributed by atoms with van der Waals surface area (Å²) in [5.41, 5.74) is 1.17. The lowest BCUT2D eigenvalue weighted by atomic mass is 9.78. The molecule has 0 spiro atoms. The fourth-order valence-corrected chi connectivity index (χ4v) is 3.39. The number of hydrogen-bond acceptors (Lipinski definition) is 1. The van der Waals surface area contributed by atoms with Crippen molar-refractivity contribution < 1.29 is 4.39 Å². The highest BCUT2D eigenvalue weighted by Gasteiger charge is 2.20. The third kappa shape index (κ3) is 4.07. The van der Waals surface area contributed by atoms with Crippen LogP contribution in [0.4, 0.5) is 4.39 Å². The first kappa shape index (κ1) is 15.0. The van der Waals surface area contributed by atoms with Crippen molar-refractivity contribution in [3.8, 4) is 6.07 Å². The van der Waals surface area contributed by atoms with Crippen LogP contribution in [0, 0.1) is 29.0 Å². The van der Waals surface area contributed by atoms with Gasteiger partial charge in [-0.15, -0.1) is 0 Å². The Morgan fingerprint density at radius 2 is 1.80 bits per heavy atom. The number of aryl methyl sites for hydroxylation is 1. The molecule has 0 atom stereocenters. The second kappa shape index (κ2) is 7.43. The molecule has 108 valence electrons. The second-order valence-corrected chi connectivity index (χ2v) is 6.14. The number of hydrogen-bond donors (Lipinski definition) is 0. The van der Waals surface area contributed by atoms with Crippen LogP contribution in [-0.2, 0) is 6.42 Å². The standard InChI is InChI=1S/C18H24FN/c1-2-3-14-4-6-15(7-5-14)8-9-16-10-11-17(13-20)18(19)12-16/h10-12,14-15H,2-9H2,1H3/t14-,15-. The molecule has 1 aromatic carbocycles. The molecule has 0 radical (unpaired) electrons. The molecule has 1 fully saturated rings.